The molecule has 2 rings (SSSR count). The lowest BCUT2D eigenvalue weighted by Crippen LogP contribution is -2.29. The van der Waals surface area contributed by atoms with Crippen LogP contribution in [0.5, 0.6) is 5.75 Å². The number of halogens is 1. The van der Waals surface area contributed by atoms with Gasteiger partial charge in [-0.3, -0.25) is 20.6 Å². The Balaban J connectivity index is 1.99. The van der Waals surface area contributed by atoms with Gasteiger partial charge < -0.3 is 4.74 Å². The predicted octanol–water partition coefficient (Wildman–Crippen LogP) is 3.47. The van der Waals surface area contributed by atoms with Crippen molar-refractivity contribution in [1.82, 2.24) is 15.4 Å². The van der Waals surface area contributed by atoms with Crippen LogP contribution in [0.3, 0.4) is 0 Å². The van der Waals surface area contributed by atoms with Gasteiger partial charge in [-0.15, -0.1) is 0 Å². The zero-order valence-corrected chi connectivity index (χ0v) is 14.0. The van der Waals surface area contributed by atoms with E-state index in [1.165, 1.54) is 20.0 Å². The summed E-state index contributed by atoms with van der Waals surface area (Å²) in [6, 6.07) is 6.91. The van der Waals surface area contributed by atoms with Gasteiger partial charge in [0.2, 0.25) is 11.8 Å². The molecule has 0 aliphatic heterocycles. The molecule has 0 saturated carbocycles. The number of benzene rings is 1. The highest BCUT2D eigenvalue weighted by Crippen LogP contribution is 2.23. The number of alkyl halides is 1. The first-order valence-electron chi connectivity index (χ1n) is 7.72. The molecule has 1 heterocycles. The number of hydrazine groups is 1. The first-order valence-corrected chi connectivity index (χ1v) is 7.72. The van der Waals surface area contributed by atoms with Crippen LogP contribution in [-0.2, 0) is 4.79 Å². The average molecular weight is 332 g/mol. The second kappa shape index (κ2) is 7.72. The van der Waals surface area contributed by atoms with Gasteiger partial charge in [0.15, 0.2) is 5.82 Å². The van der Waals surface area contributed by atoms with Gasteiger partial charge >= 0.3 is 0 Å². The van der Waals surface area contributed by atoms with Crippen LogP contribution in [0.4, 0.5) is 10.2 Å². The van der Waals surface area contributed by atoms with E-state index in [0.717, 1.165) is 12.0 Å². The summed E-state index contributed by atoms with van der Waals surface area (Å²) in [7, 11) is 0. The van der Waals surface area contributed by atoms with Crippen LogP contribution in [0.2, 0.25) is 0 Å². The molecule has 24 heavy (non-hydrogen) atoms. The predicted molar refractivity (Wildman–Crippen MR) is 90.0 cm³/mol. The summed E-state index contributed by atoms with van der Waals surface area (Å²) >= 11 is 0. The molecular weight excluding hydrogens is 311 g/mol. The van der Waals surface area contributed by atoms with Crippen molar-refractivity contribution in [3.8, 4) is 17.0 Å². The highest BCUT2D eigenvalue weighted by Gasteiger charge is 2.16. The highest BCUT2D eigenvalue weighted by molar-refractivity contribution is 5.77. The molecule has 0 aliphatic carbocycles. The lowest BCUT2D eigenvalue weighted by molar-refractivity contribution is -0.120. The number of nitrogens with one attached hydrogen (secondary N) is 2. The van der Waals surface area contributed by atoms with Crippen LogP contribution in [0.1, 0.15) is 33.6 Å². The van der Waals surface area contributed by atoms with E-state index in [-0.39, 0.29) is 5.91 Å². The molecule has 0 aliphatic rings. The highest BCUT2D eigenvalue weighted by atomic mass is 19.2. The minimum absolute atomic E-state index is 0.102. The topological polar surface area (TPSA) is 76.1 Å². The molecule has 0 saturated heterocycles. The van der Waals surface area contributed by atoms with Gasteiger partial charge in [0.05, 0.1) is 18.1 Å². The fourth-order valence-corrected chi connectivity index (χ4v) is 1.94. The van der Waals surface area contributed by atoms with Crippen LogP contribution in [0.15, 0.2) is 36.7 Å². The standard InChI is InChI=1S/C17H21FN4O2/c1-4-5-16(23)22-21-15-11-19-14(10-20-15)12-6-8-13(9-7-12)24-17(2,3)18/h6-11H,4-5H2,1-3H3,(H,20,21)(H,22,23). The van der Waals surface area contributed by atoms with E-state index in [0.29, 0.717) is 23.7 Å². The van der Waals surface area contributed by atoms with E-state index >= 15 is 0 Å². The summed E-state index contributed by atoms with van der Waals surface area (Å²) in [5.74, 6) is -0.940. The largest absolute Gasteiger partial charge is 0.459 e. The van der Waals surface area contributed by atoms with Crippen molar-refractivity contribution in [3.05, 3.63) is 36.7 Å². The molecule has 0 unspecified atom stereocenters. The van der Waals surface area contributed by atoms with Gasteiger partial charge in [-0.25, -0.2) is 4.98 Å². The number of rotatable bonds is 7. The summed E-state index contributed by atoms with van der Waals surface area (Å²) in [5, 5.41) is 0. The third kappa shape index (κ3) is 5.49. The van der Waals surface area contributed by atoms with E-state index in [1.807, 2.05) is 6.92 Å². The van der Waals surface area contributed by atoms with Crippen molar-refractivity contribution >= 4 is 11.7 Å². The zero-order valence-electron chi connectivity index (χ0n) is 14.0. The van der Waals surface area contributed by atoms with Crippen molar-refractivity contribution in [1.29, 1.82) is 0 Å². The molecule has 0 atom stereocenters. The Morgan fingerprint density at radius 3 is 2.46 bits per heavy atom. The summed E-state index contributed by atoms with van der Waals surface area (Å²) in [6.45, 7) is 4.62. The quantitative estimate of drug-likeness (QED) is 0.759. The third-order valence-electron chi connectivity index (χ3n) is 2.97. The Hall–Kier alpha value is -2.70. The van der Waals surface area contributed by atoms with Crippen LogP contribution >= 0.6 is 0 Å². The van der Waals surface area contributed by atoms with E-state index in [4.69, 9.17) is 4.74 Å². The van der Waals surface area contributed by atoms with E-state index < -0.39 is 5.85 Å². The first kappa shape index (κ1) is 17.7. The smallest absolute Gasteiger partial charge is 0.242 e. The number of anilines is 1. The number of ether oxygens (including phenoxy) is 1. The number of nitrogens with zero attached hydrogens (tertiary/aromatic N) is 2. The number of carbonyl (C=O) groups excluding carboxylic acids is 1. The molecule has 0 bridgehead atoms. The molecule has 0 fully saturated rings. The van der Waals surface area contributed by atoms with Crippen LogP contribution in [0.25, 0.3) is 11.3 Å². The molecule has 7 heteroatoms. The van der Waals surface area contributed by atoms with E-state index in [1.54, 1.807) is 30.5 Å². The Kier molecular flexibility index (Phi) is 5.68. The lowest BCUT2D eigenvalue weighted by atomic mass is 10.1. The van der Waals surface area contributed by atoms with Crippen molar-refractivity contribution in [2.45, 2.75) is 39.5 Å². The fraction of sp³-hybridized carbons (Fsp3) is 0.353. The van der Waals surface area contributed by atoms with Crippen LogP contribution in [-0.4, -0.2) is 21.7 Å². The van der Waals surface area contributed by atoms with Crippen molar-refractivity contribution in [2.75, 3.05) is 5.43 Å². The number of aromatic nitrogens is 2. The monoisotopic (exact) mass is 332 g/mol. The summed E-state index contributed by atoms with van der Waals surface area (Å²) in [5.41, 5.74) is 6.74. The molecule has 128 valence electrons. The molecule has 0 spiro atoms. The van der Waals surface area contributed by atoms with Crippen LogP contribution in [0, 0.1) is 0 Å². The Labute approximate surface area is 140 Å². The maximum atomic E-state index is 13.4. The number of hydrogen-bond donors (Lipinski definition) is 2. The minimum atomic E-state index is -1.73. The number of hydrogen-bond acceptors (Lipinski definition) is 5. The van der Waals surface area contributed by atoms with Gasteiger partial charge in [-0.2, -0.15) is 4.39 Å². The third-order valence-corrected chi connectivity index (χ3v) is 2.97. The fourth-order valence-electron chi connectivity index (χ4n) is 1.94. The second-order valence-electron chi connectivity index (χ2n) is 5.70. The van der Waals surface area contributed by atoms with Gasteiger partial charge in [-0.1, -0.05) is 6.92 Å². The normalized spacial score (nSPS) is 11.0. The zero-order chi connectivity index (χ0) is 17.6. The molecule has 2 aromatic rings. The molecule has 1 aromatic heterocycles. The van der Waals surface area contributed by atoms with Gasteiger partial charge in [0, 0.05) is 25.8 Å². The summed E-state index contributed by atoms with van der Waals surface area (Å²) in [4.78, 5) is 19.9. The Morgan fingerprint density at radius 2 is 1.92 bits per heavy atom. The minimum Gasteiger partial charge on any atom is -0.459 e. The molecule has 2 N–H and O–H groups in total. The second-order valence-corrected chi connectivity index (χ2v) is 5.70. The van der Waals surface area contributed by atoms with Crippen molar-refractivity contribution in [3.63, 3.8) is 0 Å². The molecule has 1 aromatic carbocycles. The van der Waals surface area contributed by atoms with E-state index in [9.17, 15) is 9.18 Å². The SMILES string of the molecule is CCCC(=O)NNc1cnc(-c2ccc(OC(C)(C)F)cc2)cn1. The number of amides is 1. The van der Waals surface area contributed by atoms with Crippen molar-refractivity contribution < 1.29 is 13.9 Å². The average Bonchev–Trinajstić information content (AvgIpc) is 2.53. The lowest BCUT2D eigenvalue weighted by Gasteiger charge is -2.17. The number of carbonyl (C=O) groups is 1. The first-order chi connectivity index (χ1) is 11.4. The Bertz CT molecular complexity index is 666. The maximum absolute atomic E-state index is 13.4. The maximum Gasteiger partial charge on any atom is 0.242 e. The molecule has 1 amide bonds. The molecular formula is C17H21FN4O2. The molecule has 6 nitrogen and oxygen atoms in total. The Morgan fingerprint density at radius 1 is 1.21 bits per heavy atom. The molecule has 0 radical (unpaired) electrons. The van der Waals surface area contributed by atoms with Gasteiger partial charge in [0.1, 0.15) is 5.75 Å². The van der Waals surface area contributed by atoms with Gasteiger partial charge in [-0.05, 0) is 30.7 Å². The van der Waals surface area contributed by atoms with Gasteiger partial charge in [0.25, 0.3) is 0 Å². The van der Waals surface area contributed by atoms with Crippen LogP contribution < -0.4 is 15.6 Å². The van der Waals surface area contributed by atoms with Crippen molar-refractivity contribution in [2.24, 2.45) is 0 Å². The van der Waals surface area contributed by atoms with E-state index in [2.05, 4.69) is 20.8 Å². The summed E-state index contributed by atoms with van der Waals surface area (Å²) < 4.78 is 18.6. The summed E-state index contributed by atoms with van der Waals surface area (Å²) in [6.07, 6.45) is 4.33.